The van der Waals surface area contributed by atoms with Crippen LogP contribution in [0.1, 0.15) is 6.92 Å². The fraction of sp³-hybridized carbons (Fsp3) is 0.211. The van der Waals surface area contributed by atoms with Gasteiger partial charge in [-0.2, -0.15) is 0 Å². The Bertz CT molecular complexity index is 967. The summed E-state index contributed by atoms with van der Waals surface area (Å²) in [5, 5.41) is 18.9. The zero-order valence-corrected chi connectivity index (χ0v) is 14.8. The van der Waals surface area contributed by atoms with E-state index < -0.39 is 5.97 Å². The highest BCUT2D eigenvalue weighted by atomic mass is 16.6. The van der Waals surface area contributed by atoms with Crippen LogP contribution >= 0.6 is 0 Å². The minimum Gasteiger partial charge on any atom is -0.505 e. The van der Waals surface area contributed by atoms with Gasteiger partial charge in [0.2, 0.25) is 0 Å². The number of phenolic OH excluding ortho intramolecular Hbond substituents is 1. The predicted octanol–water partition coefficient (Wildman–Crippen LogP) is 2.63. The van der Waals surface area contributed by atoms with Crippen molar-refractivity contribution >= 4 is 17.0 Å². The molecule has 0 saturated heterocycles. The second-order valence-electron chi connectivity index (χ2n) is 5.44. The standard InChI is InChI=1S/C19H19N3O5/c1-3-19(24)27-10-9-26-13-5-7-15-16(11-13)21-22(20-15)17-8-6-14(25-4-2)12-18(17)23/h3,5-8,11-12,23H,1,4,9-10H2,2H3. The number of fused-ring (bicyclic) bond motifs is 1. The normalized spacial score (nSPS) is 10.6. The molecule has 0 atom stereocenters. The summed E-state index contributed by atoms with van der Waals surface area (Å²) >= 11 is 0. The van der Waals surface area contributed by atoms with Crippen molar-refractivity contribution in [3.05, 3.63) is 49.1 Å². The Labute approximate surface area is 155 Å². The van der Waals surface area contributed by atoms with E-state index in [0.29, 0.717) is 34.8 Å². The average molecular weight is 369 g/mol. The van der Waals surface area contributed by atoms with Crippen molar-refractivity contribution in [2.24, 2.45) is 0 Å². The molecule has 1 N–H and O–H groups in total. The molecule has 0 fully saturated rings. The maximum Gasteiger partial charge on any atom is 0.330 e. The predicted molar refractivity (Wildman–Crippen MR) is 98.3 cm³/mol. The second-order valence-corrected chi connectivity index (χ2v) is 5.44. The first kappa shape index (κ1) is 18.2. The molecular weight excluding hydrogens is 350 g/mol. The molecule has 8 nitrogen and oxygen atoms in total. The Morgan fingerprint density at radius 2 is 1.85 bits per heavy atom. The molecule has 1 aromatic heterocycles. The summed E-state index contributed by atoms with van der Waals surface area (Å²) in [6.45, 7) is 6.03. The number of carbonyl (C=O) groups excluding carboxylic acids is 1. The smallest absolute Gasteiger partial charge is 0.330 e. The summed E-state index contributed by atoms with van der Waals surface area (Å²) in [6, 6.07) is 10.2. The van der Waals surface area contributed by atoms with E-state index in [1.165, 1.54) is 10.9 Å². The molecule has 0 radical (unpaired) electrons. The Balaban J connectivity index is 1.74. The Morgan fingerprint density at radius 1 is 1.11 bits per heavy atom. The first-order valence-electron chi connectivity index (χ1n) is 8.36. The fourth-order valence-corrected chi connectivity index (χ4v) is 2.38. The number of ether oxygens (including phenoxy) is 3. The number of rotatable bonds is 8. The van der Waals surface area contributed by atoms with Crippen molar-refractivity contribution in [2.45, 2.75) is 6.92 Å². The van der Waals surface area contributed by atoms with Crippen LogP contribution in [0.5, 0.6) is 17.2 Å². The van der Waals surface area contributed by atoms with Gasteiger partial charge in [-0.1, -0.05) is 6.58 Å². The van der Waals surface area contributed by atoms with Gasteiger partial charge in [0.05, 0.1) is 6.61 Å². The molecule has 27 heavy (non-hydrogen) atoms. The van der Waals surface area contributed by atoms with Crippen LogP contribution < -0.4 is 9.47 Å². The van der Waals surface area contributed by atoms with Crippen molar-refractivity contribution in [3.8, 4) is 22.9 Å². The molecule has 8 heteroatoms. The zero-order valence-electron chi connectivity index (χ0n) is 14.8. The largest absolute Gasteiger partial charge is 0.505 e. The molecule has 3 aromatic rings. The van der Waals surface area contributed by atoms with Gasteiger partial charge >= 0.3 is 5.97 Å². The molecule has 2 aromatic carbocycles. The molecule has 0 spiro atoms. The number of aromatic nitrogens is 3. The van der Waals surface area contributed by atoms with Gasteiger partial charge in [-0.15, -0.1) is 15.0 Å². The van der Waals surface area contributed by atoms with E-state index in [-0.39, 0.29) is 19.0 Å². The number of carbonyl (C=O) groups is 1. The summed E-state index contributed by atoms with van der Waals surface area (Å²) in [5.74, 6) is 0.664. The van der Waals surface area contributed by atoms with Crippen LogP contribution in [0.3, 0.4) is 0 Å². The SMILES string of the molecule is C=CC(=O)OCCOc1ccc2nn(-c3ccc(OCC)cc3O)nc2c1. The van der Waals surface area contributed by atoms with Gasteiger partial charge in [0.25, 0.3) is 0 Å². The van der Waals surface area contributed by atoms with Crippen LogP contribution in [0.15, 0.2) is 49.1 Å². The lowest BCUT2D eigenvalue weighted by atomic mass is 10.3. The molecule has 0 saturated carbocycles. The Morgan fingerprint density at radius 3 is 2.59 bits per heavy atom. The van der Waals surface area contributed by atoms with E-state index in [1.807, 2.05) is 6.92 Å². The highest BCUT2D eigenvalue weighted by molar-refractivity contribution is 5.81. The van der Waals surface area contributed by atoms with Crippen LogP contribution in [0.25, 0.3) is 16.7 Å². The van der Waals surface area contributed by atoms with E-state index in [4.69, 9.17) is 14.2 Å². The molecule has 0 amide bonds. The van der Waals surface area contributed by atoms with Gasteiger partial charge in [0, 0.05) is 18.2 Å². The van der Waals surface area contributed by atoms with Crippen molar-refractivity contribution < 1.29 is 24.1 Å². The first-order valence-corrected chi connectivity index (χ1v) is 8.36. The van der Waals surface area contributed by atoms with Gasteiger partial charge in [-0.25, -0.2) is 4.79 Å². The highest BCUT2D eigenvalue weighted by Crippen LogP contribution is 2.27. The number of hydrogen-bond acceptors (Lipinski definition) is 7. The highest BCUT2D eigenvalue weighted by Gasteiger charge is 2.11. The van der Waals surface area contributed by atoms with Crippen LogP contribution in [0.2, 0.25) is 0 Å². The second kappa shape index (κ2) is 8.22. The Hall–Kier alpha value is -3.55. The van der Waals surface area contributed by atoms with Crippen molar-refractivity contribution in [1.29, 1.82) is 0 Å². The van der Waals surface area contributed by atoms with Gasteiger partial charge < -0.3 is 19.3 Å². The maximum absolute atomic E-state index is 11.0. The van der Waals surface area contributed by atoms with Crippen LogP contribution in [-0.2, 0) is 9.53 Å². The Kier molecular flexibility index (Phi) is 5.55. The minimum absolute atomic E-state index is 0.0155. The van der Waals surface area contributed by atoms with Crippen LogP contribution in [0, 0.1) is 0 Å². The average Bonchev–Trinajstić information content (AvgIpc) is 3.08. The maximum atomic E-state index is 11.0. The molecular formula is C19H19N3O5. The summed E-state index contributed by atoms with van der Waals surface area (Å²) < 4.78 is 15.7. The third kappa shape index (κ3) is 4.35. The summed E-state index contributed by atoms with van der Waals surface area (Å²) in [6.07, 6.45) is 1.10. The van der Waals surface area contributed by atoms with Gasteiger partial charge in [0.1, 0.15) is 47.2 Å². The van der Waals surface area contributed by atoms with Gasteiger partial charge in [0.15, 0.2) is 0 Å². The van der Waals surface area contributed by atoms with E-state index in [1.54, 1.807) is 30.3 Å². The molecule has 0 aliphatic rings. The molecule has 0 unspecified atom stereocenters. The third-order valence-electron chi connectivity index (χ3n) is 3.59. The van der Waals surface area contributed by atoms with E-state index >= 15 is 0 Å². The van der Waals surface area contributed by atoms with E-state index in [0.717, 1.165) is 6.08 Å². The minimum atomic E-state index is -0.493. The van der Waals surface area contributed by atoms with Crippen molar-refractivity contribution in [1.82, 2.24) is 15.0 Å². The number of hydrogen-bond donors (Lipinski definition) is 1. The molecule has 140 valence electrons. The number of nitrogens with zero attached hydrogens (tertiary/aromatic N) is 3. The summed E-state index contributed by atoms with van der Waals surface area (Å²) in [5.41, 5.74) is 1.69. The molecule has 3 rings (SSSR count). The summed E-state index contributed by atoms with van der Waals surface area (Å²) in [7, 11) is 0. The lowest BCUT2D eigenvalue weighted by Gasteiger charge is -2.06. The van der Waals surface area contributed by atoms with Crippen molar-refractivity contribution in [3.63, 3.8) is 0 Å². The quantitative estimate of drug-likeness (QED) is 0.370. The molecule has 0 aliphatic carbocycles. The lowest BCUT2D eigenvalue weighted by Crippen LogP contribution is -2.10. The van der Waals surface area contributed by atoms with E-state index in [9.17, 15) is 9.90 Å². The van der Waals surface area contributed by atoms with E-state index in [2.05, 4.69) is 16.8 Å². The fourth-order valence-electron chi connectivity index (χ4n) is 2.38. The lowest BCUT2D eigenvalue weighted by molar-refractivity contribution is -0.138. The number of esters is 1. The monoisotopic (exact) mass is 369 g/mol. The van der Waals surface area contributed by atoms with Gasteiger partial charge in [-0.05, 0) is 31.2 Å². The number of benzene rings is 2. The summed E-state index contributed by atoms with van der Waals surface area (Å²) in [4.78, 5) is 12.3. The molecule has 1 heterocycles. The van der Waals surface area contributed by atoms with Crippen LogP contribution in [-0.4, -0.2) is 45.9 Å². The number of aromatic hydroxyl groups is 1. The topological polar surface area (TPSA) is 95.7 Å². The molecule has 0 bridgehead atoms. The third-order valence-corrected chi connectivity index (χ3v) is 3.59. The van der Waals surface area contributed by atoms with Crippen molar-refractivity contribution in [2.75, 3.05) is 19.8 Å². The van der Waals surface area contributed by atoms with Gasteiger partial charge in [-0.3, -0.25) is 0 Å². The van der Waals surface area contributed by atoms with Crippen LogP contribution in [0.4, 0.5) is 0 Å². The number of phenols is 1. The zero-order chi connectivity index (χ0) is 19.2. The first-order chi connectivity index (χ1) is 13.1. The molecule has 0 aliphatic heterocycles.